The van der Waals surface area contributed by atoms with Gasteiger partial charge in [-0.2, -0.15) is 0 Å². The molecule has 0 aliphatic heterocycles. The number of nitrogens with zero attached hydrogens (tertiary/aromatic N) is 2. The number of nitrogens with two attached hydrogens (primary N) is 1. The zero-order chi connectivity index (χ0) is 15.4. The fraction of sp³-hybridized carbons (Fsp3) is 0.333. The highest BCUT2D eigenvalue weighted by atomic mass is 16.5. The molecule has 2 aromatic rings. The summed E-state index contributed by atoms with van der Waals surface area (Å²) in [6.07, 6.45) is 0. The Morgan fingerprint density at radius 1 is 1.10 bits per heavy atom. The second-order valence-electron chi connectivity index (χ2n) is 4.67. The molecule has 0 unspecified atom stereocenters. The molecule has 0 bridgehead atoms. The third-order valence-corrected chi connectivity index (χ3v) is 3.20. The van der Waals surface area contributed by atoms with Crippen molar-refractivity contribution in [2.45, 2.75) is 20.4 Å². The van der Waals surface area contributed by atoms with Gasteiger partial charge in [0.25, 0.3) is 0 Å². The molecule has 1 aromatic carbocycles. The van der Waals surface area contributed by atoms with Crippen molar-refractivity contribution < 1.29 is 9.47 Å². The molecule has 21 heavy (non-hydrogen) atoms. The van der Waals surface area contributed by atoms with Crippen LogP contribution >= 0.6 is 0 Å². The second-order valence-corrected chi connectivity index (χ2v) is 4.67. The van der Waals surface area contributed by atoms with Crippen LogP contribution in [0.25, 0.3) is 0 Å². The first-order chi connectivity index (χ1) is 10.0. The van der Waals surface area contributed by atoms with E-state index in [4.69, 9.17) is 15.2 Å². The summed E-state index contributed by atoms with van der Waals surface area (Å²) in [5, 5.41) is 3.27. The Morgan fingerprint density at radius 2 is 1.81 bits per heavy atom. The SMILES string of the molecule is COc1ccc(CNc2nc(C)nc(N)c2C)cc1OC. The van der Waals surface area contributed by atoms with Crippen molar-refractivity contribution in [2.75, 3.05) is 25.3 Å². The van der Waals surface area contributed by atoms with Gasteiger partial charge in [0.2, 0.25) is 0 Å². The topological polar surface area (TPSA) is 82.3 Å². The van der Waals surface area contributed by atoms with Gasteiger partial charge in [0.05, 0.1) is 14.2 Å². The van der Waals surface area contributed by atoms with E-state index in [0.717, 1.165) is 16.9 Å². The minimum atomic E-state index is 0.498. The summed E-state index contributed by atoms with van der Waals surface area (Å²) in [7, 11) is 3.24. The summed E-state index contributed by atoms with van der Waals surface area (Å²) in [5.74, 6) is 3.30. The second kappa shape index (κ2) is 6.30. The molecule has 0 amide bonds. The highest BCUT2D eigenvalue weighted by Gasteiger charge is 2.08. The van der Waals surface area contributed by atoms with Gasteiger partial charge in [0.1, 0.15) is 17.5 Å². The monoisotopic (exact) mass is 288 g/mol. The molecule has 0 aliphatic carbocycles. The smallest absolute Gasteiger partial charge is 0.161 e. The Bertz CT molecular complexity index is 644. The number of nitrogen functional groups attached to an aromatic ring is 1. The van der Waals surface area contributed by atoms with E-state index in [9.17, 15) is 0 Å². The van der Waals surface area contributed by atoms with Crippen molar-refractivity contribution in [3.8, 4) is 11.5 Å². The molecule has 0 radical (unpaired) electrons. The Hall–Kier alpha value is -2.50. The van der Waals surface area contributed by atoms with E-state index in [-0.39, 0.29) is 0 Å². The fourth-order valence-corrected chi connectivity index (χ4v) is 2.00. The number of ether oxygens (including phenoxy) is 2. The quantitative estimate of drug-likeness (QED) is 0.878. The third-order valence-electron chi connectivity index (χ3n) is 3.20. The summed E-state index contributed by atoms with van der Waals surface area (Å²) in [4.78, 5) is 8.50. The van der Waals surface area contributed by atoms with Crippen molar-refractivity contribution in [3.05, 3.63) is 35.2 Å². The molecule has 3 N–H and O–H groups in total. The van der Waals surface area contributed by atoms with Gasteiger partial charge < -0.3 is 20.5 Å². The van der Waals surface area contributed by atoms with Crippen LogP contribution in [-0.4, -0.2) is 24.2 Å². The Kier molecular flexibility index (Phi) is 4.47. The first-order valence-electron chi connectivity index (χ1n) is 6.60. The highest BCUT2D eigenvalue weighted by Crippen LogP contribution is 2.28. The van der Waals surface area contributed by atoms with Gasteiger partial charge in [-0.15, -0.1) is 0 Å². The molecule has 0 fully saturated rings. The normalized spacial score (nSPS) is 10.3. The van der Waals surface area contributed by atoms with Crippen LogP contribution in [0.5, 0.6) is 11.5 Å². The predicted octanol–water partition coefficient (Wildman–Crippen LogP) is 2.30. The minimum absolute atomic E-state index is 0.498. The average molecular weight is 288 g/mol. The van der Waals surface area contributed by atoms with E-state index < -0.39 is 0 Å². The number of hydrogen-bond acceptors (Lipinski definition) is 6. The summed E-state index contributed by atoms with van der Waals surface area (Å²) in [6, 6.07) is 5.78. The van der Waals surface area contributed by atoms with Crippen LogP contribution in [0.4, 0.5) is 11.6 Å². The van der Waals surface area contributed by atoms with Crippen LogP contribution in [0.2, 0.25) is 0 Å². The number of benzene rings is 1. The predicted molar refractivity (Wildman–Crippen MR) is 82.8 cm³/mol. The lowest BCUT2D eigenvalue weighted by molar-refractivity contribution is 0.354. The van der Waals surface area contributed by atoms with Gasteiger partial charge in [-0.3, -0.25) is 0 Å². The number of hydrogen-bond donors (Lipinski definition) is 2. The van der Waals surface area contributed by atoms with Crippen LogP contribution in [0, 0.1) is 13.8 Å². The van der Waals surface area contributed by atoms with Crippen molar-refractivity contribution in [2.24, 2.45) is 0 Å². The number of anilines is 2. The lowest BCUT2D eigenvalue weighted by atomic mass is 10.2. The molecular weight excluding hydrogens is 268 g/mol. The number of aryl methyl sites for hydroxylation is 1. The maximum absolute atomic E-state index is 5.85. The number of methoxy groups -OCH3 is 2. The maximum Gasteiger partial charge on any atom is 0.161 e. The lowest BCUT2D eigenvalue weighted by Crippen LogP contribution is -2.08. The van der Waals surface area contributed by atoms with Gasteiger partial charge >= 0.3 is 0 Å². The van der Waals surface area contributed by atoms with Gasteiger partial charge in [-0.05, 0) is 31.5 Å². The standard InChI is InChI=1S/C15H20N4O2/c1-9-14(16)18-10(2)19-15(9)17-8-11-5-6-12(20-3)13(7-11)21-4/h5-7H,8H2,1-4H3,(H3,16,17,18,19). The molecule has 0 spiro atoms. The van der Waals surface area contributed by atoms with Gasteiger partial charge in [-0.25, -0.2) is 9.97 Å². The molecule has 0 saturated carbocycles. The van der Waals surface area contributed by atoms with Crippen LogP contribution < -0.4 is 20.5 Å². The van der Waals surface area contributed by atoms with Gasteiger partial charge in [0, 0.05) is 12.1 Å². The largest absolute Gasteiger partial charge is 0.493 e. The average Bonchev–Trinajstić information content (AvgIpc) is 2.49. The molecule has 1 heterocycles. The summed E-state index contributed by atoms with van der Waals surface area (Å²) in [6.45, 7) is 4.32. The van der Waals surface area contributed by atoms with Crippen molar-refractivity contribution >= 4 is 11.6 Å². The summed E-state index contributed by atoms with van der Waals surface area (Å²) >= 11 is 0. The molecule has 0 atom stereocenters. The van der Waals surface area contributed by atoms with Crippen molar-refractivity contribution in [1.29, 1.82) is 0 Å². The first kappa shape index (κ1) is 14.9. The van der Waals surface area contributed by atoms with Crippen molar-refractivity contribution in [3.63, 3.8) is 0 Å². The maximum atomic E-state index is 5.85. The van der Waals surface area contributed by atoms with Crippen LogP contribution in [0.15, 0.2) is 18.2 Å². The highest BCUT2D eigenvalue weighted by molar-refractivity contribution is 5.55. The number of rotatable bonds is 5. The van der Waals surface area contributed by atoms with Crippen LogP contribution in [0.3, 0.4) is 0 Å². The van der Waals surface area contributed by atoms with E-state index in [2.05, 4.69) is 15.3 Å². The fourth-order valence-electron chi connectivity index (χ4n) is 2.00. The zero-order valence-electron chi connectivity index (χ0n) is 12.7. The number of aromatic nitrogens is 2. The Balaban J connectivity index is 2.17. The first-order valence-corrected chi connectivity index (χ1v) is 6.60. The van der Waals surface area contributed by atoms with E-state index in [1.54, 1.807) is 14.2 Å². The van der Waals surface area contributed by atoms with E-state index in [1.165, 1.54) is 0 Å². The summed E-state index contributed by atoms with van der Waals surface area (Å²) < 4.78 is 10.5. The van der Waals surface area contributed by atoms with E-state index in [1.807, 2.05) is 32.0 Å². The van der Waals surface area contributed by atoms with Crippen LogP contribution in [0.1, 0.15) is 17.0 Å². The molecule has 1 aromatic heterocycles. The summed E-state index contributed by atoms with van der Waals surface area (Å²) in [5.41, 5.74) is 7.75. The molecule has 0 aliphatic rings. The molecule has 0 saturated heterocycles. The molecule has 6 nitrogen and oxygen atoms in total. The van der Waals surface area contributed by atoms with Gasteiger partial charge in [-0.1, -0.05) is 6.07 Å². The lowest BCUT2D eigenvalue weighted by Gasteiger charge is -2.12. The molecule has 6 heteroatoms. The zero-order valence-corrected chi connectivity index (χ0v) is 12.7. The Labute approximate surface area is 124 Å². The van der Waals surface area contributed by atoms with Crippen molar-refractivity contribution in [1.82, 2.24) is 9.97 Å². The molecular formula is C15H20N4O2. The van der Waals surface area contributed by atoms with E-state index >= 15 is 0 Å². The minimum Gasteiger partial charge on any atom is -0.493 e. The molecule has 2 rings (SSSR count). The number of nitrogens with one attached hydrogen (secondary N) is 1. The molecule has 112 valence electrons. The Morgan fingerprint density at radius 3 is 2.48 bits per heavy atom. The van der Waals surface area contributed by atoms with Crippen LogP contribution in [-0.2, 0) is 6.54 Å². The van der Waals surface area contributed by atoms with Gasteiger partial charge in [0.15, 0.2) is 11.5 Å². The third kappa shape index (κ3) is 3.34. The van der Waals surface area contributed by atoms with E-state index in [0.29, 0.717) is 29.7 Å².